The topological polar surface area (TPSA) is 57.5 Å². The Bertz CT molecular complexity index is 704. The highest BCUT2D eigenvalue weighted by Crippen LogP contribution is 2.37. The van der Waals surface area contributed by atoms with Crippen molar-refractivity contribution in [2.45, 2.75) is 5.60 Å². The lowest BCUT2D eigenvalue weighted by Gasteiger charge is -2.30. The third kappa shape index (κ3) is 3.77. The predicted octanol–water partition coefficient (Wildman–Crippen LogP) is 3.15. The Balaban J connectivity index is 2.57. The molecule has 3 nitrogen and oxygen atoms in total. The molecule has 0 aliphatic carbocycles. The van der Waals surface area contributed by atoms with Crippen LogP contribution in [0.1, 0.15) is 11.1 Å². The number of hydrogen-bond acceptors (Lipinski definition) is 3. The van der Waals surface area contributed by atoms with Crippen LogP contribution in [-0.4, -0.2) is 22.6 Å². The molecule has 0 spiro atoms. The van der Waals surface area contributed by atoms with E-state index in [1.165, 1.54) is 12.2 Å². The van der Waals surface area contributed by atoms with E-state index in [0.29, 0.717) is 16.7 Å². The second kappa shape index (κ2) is 8.20. The summed E-state index contributed by atoms with van der Waals surface area (Å²) < 4.78 is 0. The minimum Gasteiger partial charge on any atom is -0.388 e. The molecular formula is C21H20O3. The van der Waals surface area contributed by atoms with Crippen LogP contribution >= 0.6 is 0 Å². The van der Waals surface area contributed by atoms with Gasteiger partial charge in [0.15, 0.2) is 5.78 Å². The zero-order valence-electron chi connectivity index (χ0n) is 13.3. The molecule has 0 bridgehead atoms. The second-order valence-electron chi connectivity index (χ2n) is 5.25. The molecule has 2 N–H and O–H groups in total. The van der Waals surface area contributed by atoms with Crippen LogP contribution in [0.15, 0.2) is 97.1 Å². The molecule has 0 heterocycles. The molecule has 0 fully saturated rings. The van der Waals surface area contributed by atoms with Crippen molar-refractivity contribution >= 4 is 5.78 Å². The van der Waals surface area contributed by atoms with Gasteiger partial charge in [0.25, 0.3) is 0 Å². The number of carbonyl (C=O) groups is 1. The van der Waals surface area contributed by atoms with Gasteiger partial charge in [-0.2, -0.15) is 0 Å². The Hall–Kier alpha value is -2.75. The summed E-state index contributed by atoms with van der Waals surface area (Å²) in [5.41, 5.74) is 0.534. The molecule has 0 unspecified atom stereocenters. The van der Waals surface area contributed by atoms with Crippen LogP contribution < -0.4 is 0 Å². The summed E-state index contributed by atoms with van der Waals surface area (Å²) in [5, 5.41) is 20.3. The van der Waals surface area contributed by atoms with E-state index in [-0.39, 0.29) is 0 Å². The Kier molecular flexibility index (Phi) is 6.01. The van der Waals surface area contributed by atoms with Gasteiger partial charge < -0.3 is 10.2 Å². The molecule has 122 valence electrons. The lowest BCUT2D eigenvalue weighted by molar-refractivity contribution is -0.117. The summed E-state index contributed by atoms with van der Waals surface area (Å²) in [6, 6.07) is 18.5. The minimum absolute atomic E-state index is 0.405. The SMILES string of the molecule is C=C/C(=C\C=C\C(=O)CO)C(O)(c1ccccc1)c1ccccc1. The van der Waals surface area contributed by atoms with Crippen molar-refractivity contribution in [3.05, 3.63) is 108 Å². The number of hydrogen-bond donors (Lipinski definition) is 2. The van der Waals surface area contributed by atoms with E-state index in [0.717, 1.165) is 0 Å². The first kappa shape index (κ1) is 17.6. The summed E-state index contributed by atoms with van der Waals surface area (Å²) in [7, 11) is 0. The smallest absolute Gasteiger partial charge is 0.180 e. The number of allylic oxidation sites excluding steroid dienone is 2. The molecule has 0 saturated carbocycles. The van der Waals surface area contributed by atoms with Crippen LogP contribution in [0, 0.1) is 0 Å². The molecule has 0 aliphatic rings. The van der Waals surface area contributed by atoms with E-state index >= 15 is 0 Å². The van der Waals surface area contributed by atoms with Gasteiger partial charge in [0.1, 0.15) is 12.2 Å². The predicted molar refractivity (Wildman–Crippen MR) is 95.4 cm³/mol. The monoisotopic (exact) mass is 320 g/mol. The molecule has 0 amide bonds. The molecule has 3 heteroatoms. The second-order valence-corrected chi connectivity index (χ2v) is 5.25. The van der Waals surface area contributed by atoms with Crippen molar-refractivity contribution in [3.63, 3.8) is 0 Å². The third-order valence-corrected chi connectivity index (χ3v) is 3.73. The van der Waals surface area contributed by atoms with E-state index in [2.05, 4.69) is 6.58 Å². The van der Waals surface area contributed by atoms with Crippen LogP contribution in [-0.2, 0) is 10.4 Å². The summed E-state index contributed by atoms with van der Waals surface area (Å²) in [6.45, 7) is 3.25. The van der Waals surface area contributed by atoms with E-state index in [1.54, 1.807) is 12.2 Å². The molecule has 2 aromatic carbocycles. The fourth-order valence-electron chi connectivity index (χ4n) is 2.51. The van der Waals surface area contributed by atoms with Gasteiger partial charge in [-0.3, -0.25) is 4.79 Å². The van der Waals surface area contributed by atoms with Gasteiger partial charge in [-0.25, -0.2) is 0 Å². The average molecular weight is 320 g/mol. The Labute approximate surface area is 141 Å². The highest BCUT2D eigenvalue weighted by atomic mass is 16.3. The van der Waals surface area contributed by atoms with Crippen molar-refractivity contribution in [2.24, 2.45) is 0 Å². The number of carbonyl (C=O) groups excluding carboxylic acids is 1. The molecule has 2 rings (SSSR count). The van der Waals surface area contributed by atoms with Gasteiger partial charge in [0.05, 0.1) is 0 Å². The fraction of sp³-hybridized carbons (Fsp3) is 0.0952. The lowest BCUT2D eigenvalue weighted by atomic mass is 9.79. The largest absolute Gasteiger partial charge is 0.388 e. The maximum atomic E-state index is 11.5. The fourth-order valence-corrected chi connectivity index (χ4v) is 2.51. The molecule has 2 aromatic rings. The van der Waals surface area contributed by atoms with Gasteiger partial charge in [0, 0.05) is 0 Å². The van der Waals surface area contributed by atoms with Gasteiger partial charge in [-0.15, -0.1) is 0 Å². The average Bonchev–Trinajstić information content (AvgIpc) is 2.65. The Morgan fingerprint density at radius 1 is 1.00 bits per heavy atom. The molecular weight excluding hydrogens is 300 g/mol. The molecule has 0 atom stereocenters. The van der Waals surface area contributed by atoms with E-state index < -0.39 is 18.0 Å². The van der Waals surface area contributed by atoms with Crippen molar-refractivity contribution in [2.75, 3.05) is 6.61 Å². The summed E-state index contributed by atoms with van der Waals surface area (Å²) in [5.74, 6) is -0.405. The number of ketones is 1. The highest BCUT2D eigenvalue weighted by molar-refractivity contribution is 5.90. The van der Waals surface area contributed by atoms with Gasteiger partial charge >= 0.3 is 0 Å². The summed E-state index contributed by atoms with van der Waals surface area (Å²) in [4.78, 5) is 11.2. The number of benzene rings is 2. The Morgan fingerprint density at radius 3 is 1.92 bits per heavy atom. The maximum absolute atomic E-state index is 11.5. The van der Waals surface area contributed by atoms with E-state index in [9.17, 15) is 9.90 Å². The van der Waals surface area contributed by atoms with Crippen molar-refractivity contribution in [1.82, 2.24) is 0 Å². The summed E-state index contributed by atoms with van der Waals surface area (Å²) >= 11 is 0. The van der Waals surface area contributed by atoms with Gasteiger partial charge in [0.2, 0.25) is 0 Å². The standard InChI is InChI=1S/C21H20O3/c1-2-17(14-9-15-20(23)16-22)21(24,18-10-5-3-6-11-18)19-12-7-4-8-13-19/h2-15,22,24H,1,16H2/b15-9+,17-14+. The molecule has 0 aliphatic heterocycles. The van der Waals surface area contributed by atoms with E-state index in [4.69, 9.17) is 5.11 Å². The minimum atomic E-state index is -1.39. The zero-order valence-corrected chi connectivity index (χ0v) is 13.3. The van der Waals surface area contributed by atoms with Crippen LogP contribution in [0.3, 0.4) is 0 Å². The quantitative estimate of drug-likeness (QED) is 0.608. The number of rotatable bonds is 7. The molecule has 0 aromatic heterocycles. The first-order valence-corrected chi connectivity index (χ1v) is 7.61. The first-order valence-electron chi connectivity index (χ1n) is 7.61. The zero-order chi connectivity index (χ0) is 17.4. The van der Waals surface area contributed by atoms with Crippen molar-refractivity contribution in [1.29, 1.82) is 0 Å². The Morgan fingerprint density at radius 2 is 1.50 bits per heavy atom. The normalized spacial score (nSPS) is 12.3. The number of aliphatic hydroxyl groups is 2. The third-order valence-electron chi connectivity index (χ3n) is 3.73. The van der Waals surface area contributed by atoms with Gasteiger partial charge in [-0.05, 0) is 22.8 Å². The van der Waals surface area contributed by atoms with Crippen molar-refractivity contribution < 1.29 is 15.0 Å². The van der Waals surface area contributed by atoms with Crippen LogP contribution in [0.25, 0.3) is 0 Å². The van der Waals surface area contributed by atoms with Crippen molar-refractivity contribution in [3.8, 4) is 0 Å². The molecule has 0 radical (unpaired) electrons. The van der Waals surface area contributed by atoms with E-state index in [1.807, 2.05) is 60.7 Å². The van der Waals surface area contributed by atoms with Crippen LogP contribution in [0.5, 0.6) is 0 Å². The highest BCUT2D eigenvalue weighted by Gasteiger charge is 2.33. The molecule has 24 heavy (non-hydrogen) atoms. The van der Waals surface area contributed by atoms with Gasteiger partial charge in [-0.1, -0.05) is 85.5 Å². The van der Waals surface area contributed by atoms with Crippen LogP contribution in [0.4, 0.5) is 0 Å². The van der Waals surface area contributed by atoms with Crippen LogP contribution in [0.2, 0.25) is 0 Å². The molecule has 0 saturated heterocycles. The summed E-state index contributed by atoms with van der Waals surface area (Å²) in [6.07, 6.45) is 5.96. The lowest BCUT2D eigenvalue weighted by Crippen LogP contribution is -2.29. The first-order chi connectivity index (χ1) is 11.6. The maximum Gasteiger partial charge on any atom is 0.180 e. The number of aliphatic hydroxyl groups excluding tert-OH is 1.